The van der Waals surface area contributed by atoms with Crippen LogP contribution in [0.15, 0.2) is 63.8 Å². The molecule has 0 fully saturated rings. The summed E-state index contributed by atoms with van der Waals surface area (Å²) in [6, 6.07) is 15.7. The largest absolute Gasteiger partial charge is 0.417 e. The lowest BCUT2D eigenvalue weighted by molar-refractivity contribution is 0.555. The fraction of sp³-hybridized carbons (Fsp3) is 0.0526. The van der Waals surface area contributed by atoms with Gasteiger partial charge in [0.25, 0.3) is 0 Å². The normalized spacial score (nSPS) is 11.1. The van der Waals surface area contributed by atoms with Gasteiger partial charge in [-0.3, -0.25) is 4.98 Å². The third kappa shape index (κ3) is 2.50. The van der Waals surface area contributed by atoms with Crippen LogP contribution >= 0.6 is 0 Å². The van der Waals surface area contributed by atoms with E-state index in [9.17, 15) is 9.18 Å². The summed E-state index contributed by atoms with van der Waals surface area (Å²) in [5, 5.41) is 0. The Hall–Kier alpha value is -3.21. The van der Waals surface area contributed by atoms with Gasteiger partial charge < -0.3 is 4.42 Å². The van der Waals surface area contributed by atoms with Gasteiger partial charge in [0.2, 0.25) is 0 Å². The van der Waals surface area contributed by atoms with Gasteiger partial charge in [-0.25, -0.2) is 14.2 Å². The van der Waals surface area contributed by atoms with Crippen LogP contribution < -0.4 is 5.76 Å². The maximum atomic E-state index is 13.3. The van der Waals surface area contributed by atoms with Crippen LogP contribution in [-0.2, 0) is 0 Å². The van der Waals surface area contributed by atoms with Crippen molar-refractivity contribution < 1.29 is 8.81 Å². The standard InChI is InChI=1S/C19H13FN2O2/c1-11-9-13(20)6-7-14(11)16-4-2-3-15(21-16)12-5-8-17-18(10-12)24-19(23)22-17/h2-10H,1H3,(H,22,23). The van der Waals surface area contributed by atoms with Crippen molar-refractivity contribution in [2.45, 2.75) is 6.92 Å². The molecule has 24 heavy (non-hydrogen) atoms. The fourth-order valence-corrected chi connectivity index (χ4v) is 2.76. The van der Waals surface area contributed by atoms with Crippen LogP contribution in [-0.4, -0.2) is 9.97 Å². The molecule has 118 valence electrons. The van der Waals surface area contributed by atoms with E-state index in [1.807, 2.05) is 31.2 Å². The number of halogens is 1. The van der Waals surface area contributed by atoms with E-state index < -0.39 is 5.76 Å². The average molecular weight is 320 g/mol. The van der Waals surface area contributed by atoms with E-state index in [4.69, 9.17) is 4.42 Å². The van der Waals surface area contributed by atoms with E-state index in [0.717, 1.165) is 28.1 Å². The summed E-state index contributed by atoms with van der Waals surface area (Å²) in [6.07, 6.45) is 0. The smallest absolute Gasteiger partial charge is 0.408 e. The van der Waals surface area contributed by atoms with Gasteiger partial charge in [0.05, 0.1) is 16.9 Å². The Morgan fingerprint density at radius 2 is 1.88 bits per heavy atom. The number of aromatic nitrogens is 2. The van der Waals surface area contributed by atoms with E-state index >= 15 is 0 Å². The number of hydrogen-bond acceptors (Lipinski definition) is 3. The first-order valence-corrected chi connectivity index (χ1v) is 7.47. The number of aromatic amines is 1. The number of oxazole rings is 1. The third-order valence-corrected chi connectivity index (χ3v) is 3.93. The molecule has 0 aliphatic rings. The van der Waals surface area contributed by atoms with E-state index in [2.05, 4.69) is 9.97 Å². The SMILES string of the molecule is Cc1cc(F)ccc1-c1cccc(-c2ccc3[nH]c(=O)oc3c2)n1. The predicted octanol–water partition coefficient (Wildman–Crippen LogP) is 4.30. The Morgan fingerprint density at radius 3 is 2.71 bits per heavy atom. The Morgan fingerprint density at radius 1 is 1.04 bits per heavy atom. The quantitative estimate of drug-likeness (QED) is 0.599. The number of pyridine rings is 1. The van der Waals surface area contributed by atoms with Gasteiger partial charge in [-0.05, 0) is 55.0 Å². The van der Waals surface area contributed by atoms with Gasteiger partial charge in [-0.1, -0.05) is 12.1 Å². The van der Waals surface area contributed by atoms with Crippen molar-refractivity contribution in [3.8, 4) is 22.5 Å². The summed E-state index contributed by atoms with van der Waals surface area (Å²) < 4.78 is 18.4. The van der Waals surface area contributed by atoms with Crippen LogP contribution in [0.1, 0.15) is 5.56 Å². The lowest BCUT2D eigenvalue weighted by Crippen LogP contribution is -1.92. The zero-order chi connectivity index (χ0) is 16.7. The molecule has 4 rings (SSSR count). The Bertz CT molecular complexity index is 1110. The summed E-state index contributed by atoms with van der Waals surface area (Å²) in [5.41, 5.74) is 5.20. The van der Waals surface area contributed by atoms with Crippen molar-refractivity contribution in [3.63, 3.8) is 0 Å². The number of H-pyrrole nitrogens is 1. The first kappa shape index (κ1) is 14.4. The van der Waals surface area contributed by atoms with E-state index in [1.54, 1.807) is 18.2 Å². The highest BCUT2D eigenvalue weighted by molar-refractivity contribution is 5.79. The van der Waals surface area contributed by atoms with E-state index in [1.165, 1.54) is 12.1 Å². The molecule has 0 saturated heterocycles. The molecule has 0 atom stereocenters. The summed E-state index contributed by atoms with van der Waals surface area (Å²) in [6.45, 7) is 1.85. The highest BCUT2D eigenvalue weighted by Crippen LogP contribution is 2.27. The van der Waals surface area contributed by atoms with Crippen LogP contribution in [0.2, 0.25) is 0 Å². The molecule has 5 heteroatoms. The number of nitrogens with zero attached hydrogens (tertiary/aromatic N) is 1. The Balaban J connectivity index is 1.82. The molecule has 2 aromatic carbocycles. The summed E-state index contributed by atoms with van der Waals surface area (Å²) in [7, 11) is 0. The van der Waals surface area contributed by atoms with Gasteiger partial charge in [0, 0.05) is 11.1 Å². The Labute approximate surface area is 136 Å². The zero-order valence-corrected chi connectivity index (χ0v) is 12.8. The molecule has 2 aromatic heterocycles. The predicted molar refractivity (Wildman–Crippen MR) is 90.2 cm³/mol. The monoisotopic (exact) mass is 320 g/mol. The fourth-order valence-electron chi connectivity index (χ4n) is 2.76. The lowest BCUT2D eigenvalue weighted by atomic mass is 10.0. The number of nitrogens with one attached hydrogen (secondary N) is 1. The molecule has 0 radical (unpaired) electrons. The molecule has 0 saturated carbocycles. The Kier molecular flexibility index (Phi) is 3.27. The van der Waals surface area contributed by atoms with Gasteiger partial charge >= 0.3 is 5.76 Å². The second-order valence-corrected chi connectivity index (χ2v) is 5.59. The molecular formula is C19H13FN2O2. The third-order valence-electron chi connectivity index (χ3n) is 3.93. The van der Waals surface area contributed by atoms with Crippen molar-refractivity contribution in [1.82, 2.24) is 9.97 Å². The maximum absolute atomic E-state index is 13.3. The van der Waals surface area contributed by atoms with Gasteiger partial charge in [-0.2, -0.15) is 0 Å². The molecule has 0 aliphatic heterocycles. The van der Waals surface area contributed by atoms with Crippen molar-refractivity contribution in [2.24, 2.45) is 0 Å². The maximum Gasteiger partial charge on any atom is 0.417 e. The van der Waals surface area contributed by atoms with Crippen molar-refractivity contribution in [2.75, 3.05) is 0 Å². The second-order valence-electron chi connectivity index (χ2n) is 5.59. The molecule has 4 aromatic rings. The van der Waals surface area contributed by atoms with Crippen LogP contribution in [0, 0.1) is 12.7 Å². The average Bonchev–Trinajstić information content (AvgIpc) is 2.94. The van der Waals surface area contributed by atoms with Gasteiger partial charge in [0.1, 0.15) is 5.82 Å². The van der Waals surface area contributed by atoms with Crippen molar-refractivity contribution in [1.29, 1.82) is 0 Å². The zero-order valence-electron chi connectivity index (χ0n) is 12.8. The topological polar surface area (TPSA) is 58.9 Å². The highest BCUT2D eigenvalue weighted by Gasteiger charge is 2.08. The summed E-state index contributed by atoms with van der Waals surface area (Å²) in [4.78, 5) is 18.5. The second kappa shape index (κ2) is 5.45. The number of hydrogen-bond donors (Lipinski definition) is 1. The molecule has 0 unspecified atom stereocenters. The molecule has 0 amide bonds. The van der Waals surface area contributed by atoms with Crippen molar-refractivity contribution in [3.05, 3.63) is 76.5 Å². The van der Waals surface area contributed by atoms with Crippen LogP contribution in [0.25, 0.3) is 33.6 Å². The molecule has 2 heterocycles. The molecule has 0 bridgehead atoms. The van der Waals surface area contributed by atoms with Crippen LogP contribution in [0.3, 0.4) is 0 Å². The van der Waals surface area contributed by atoms with Crippen LogP contribution in [0.4, 0.5) is 4.39 Å². The highest BCUT2D eigenvalue weighted by atomic mass is 19.1. The summed E-state index contributed by atoms with van der Waals surface area (Å²) >= 11 is 0. The molecule has 0 aliphatic carbocycles. The molecule has 0 spiro atoms. The number of benzene rings is 2. The van der Waals surface area contributed by atoms with Crippen LogP contribution in [0.5, 0.6) is 0 Å². The molecular weight excluding hydrogens is 307 g/mol. The summed E-state index contributed by atoms with van der Waals surface area (Å²) in [5.74, 6) is -0.744. The first-order valence-electron chi connectivity index (χ1n) is 7.47. The number of fused-ring (bicyclic) bond motifs is 1. The molecule has 4 nitrogen and oxygen atoms in total. The number of rotatable bonds is 2. The van der Waals surface area contributed by atoms with Gasteiger partial charge in [0.15, 0.2) is 5.58 Å². The molecule has 1 N–H and O–H groups in total. The van der Waals surface area contributed by atoms with E-state index in [-0.39, 0.29) is 5.82 Å². The number of aryl methyl sites for hydroxylation is 1. The first-order chi connectivity index (χ1) is 11.6. The lowest BCUT2D eigenvalue weighted by Gasteiger charge is -2.08. The van der Waals surface area contributed by atoms with Gasteiger partial charge in [-0.15, -0.1) is 0 Å². The van der Waals surface area contributed by atoms with Crippen molar-refractivity contribution >= 4 is 11.1 Å². The minimum absolute atomic E-state index is 0.264. The minimum atomic E-state index is -0.481. The van der Waals surface area contributed by atoms with E-state index in [0.29, 0.717) is 11.1 Å². The minimum Gasteiger partial charge on any atom is -0.408 e.